The third kappa shape index (κ3) is 2.88. The van der Waals surface area contributed by atoms with Crippen molar-refractivity contribution in [1.29, 1.82) is 0 Å². The molecule has 0 unspecified atom stereocenters. The number of carbonyl (C=O) groups excluding carboxylic acids is 1. The lowest BCUT2D eigenvalue weighted by molar-refractivity contribution is -0.118. The van der Waals surface area contributed by atoms with Crippen molar-refractivity contribution in [2.75, 3.05) is 11.9 Å². The zero-order valence-electron chi connectivity index (χ0n) is 8.64. The van der Waals surface area contributed by atoms with E-state index in [1.807, 2.05) is 36.4 Å². The number of aromatic nitrogens is 1. The van der Waals surface area contributed by atoms with Gasteiger partial charge in [-0.05, 0) is 24.3 Å². The molecule has 2 rings (SSSR count). The van der Waals surface area contributed by atoms with E-state index in [4.69, 9.17) is 4.74 Å². The summed E-state index contributed by atoms with van der Waals surface area (Å²) >= 11 is 0. The average molecular weight is 216 g/mol. The Morgan fingerprint density at radius 2 is 2.00 bits per heavy atom. The fourth-order valence-corrected chi connectivity index (χ4v) is 1.27. The van der Waals surface area contributed by atoms with Gasteiger partial charge in [0, 0.05) is 11.9 Å². The molecule has 0 fully saturated rings. The number of amides is 1. The largest absolute Gasteiger partial charge is 0.469 e. The van der Waals surface area contributed by atoms with Gasteiger partial charge in [-0.15, -0.1) is 0 Å². The second-order valence-corrected chi connectivity index (χ2v) is 3.24. The molecule has 0 atom stereocenters. The number of hydrogen-bond donors (Lipinski definition) is 2. The number of aromatic amines is 1. The number of carbonyl (C=O) groups is 1. The van der Waals surface area contributed by atoms with Crippen molar-refractivity contribution in [3.63, 3.8) is 0 Å². The normalized spacial score (nSPS) is 9.75. The molecule has 0 radical (unpaired) electrons. The van der Waals surface area contributed by atoms with Crippen molar-refractivity contribution in [3.05, 3.63) is 48.7 Å². The molecule has 0 bridgehead atoms. The van der Waals surface area contributed by atoms with Crippen LogP contribution >= 0.6 is 0 Å². The van der Waals surface area contributed by atoms with E-state index in [1.165, 1.54) is 0 Å². The van der Waals surface area contributed by atoms with Gasteiger partial charge >= 0.3 is 0 Å². The van der Waals surface area contributed by atoms with Crippen LogP contribution in [0.25, 0.3) is 0 Å². The number of rotatable bonds is 4. The molecule has 2 N–H and O–H groups in total. The summed E-state index contributed by atoms with van der Waals surface area (Å²) in [5.41, 5.74) is 0.766. The van der Waals surface area contributed by atoms with Gasteiger partial charge < -0.3 is 15.0 Å². The Bertz CT molecular complexity index is 437. The molecule has 0 saturated heterocycles. The highest BCUT2D eigenvalue weighted by atomic mass is 16.5. The van der Waals surface area contributed by atoms with E-state index in [9.17, 15) is 4.79 Å². The number of ether oxygens (including phenoxy) is 1. The van der Waals surface area contributed by atoms with E-state index >= 15 is 0 Å². The Morgan fingerprint density at radius 1 is 1.19 bits per heavy atom. The van der Waals surface area contributed by atoms with Crippen LogP contribution in [0.2, 0.25) is 0 Å². The van der Waals surface area contributed by atoms with E-state index in [1.54, 1.807) is 12.3 Å². The molecule has 1 amide bonds. The summed E-state index contributed by atoms with van der Waals surface area (Å²) in [5.74, 6) is 0.406. The molecular weight excluding hydrogens is 204 g/mol. The quantitative estimate of drug-likeness (QED) is 0.821. The van der Waals surface area contributed by atoms with Crippen LogP contribution in [0.5, 0.6) is 5.88 Å². The number of hydrogen-bond acceptors (Lipinski definition) is 2. The van der Waals surface area contributed by atoms with Crippen molar-refractivity contribution in [3.8, 4) is 5.88 Å². The molecule has 16 heavy (non-hydrogen) atoms. The summed E-state index contributed by atoms with van der Waals surface area (Å²) in [4.78, 5) is 14.3. The summed E-state index contributed by atoms with van der Waals surface area (Å²) in [5, 5.41) is 2.73. The molecule has 82 valence electrons. The number of nitrogens with one attached hydrogen (secondary N) is 2. The first kappa shape index (κ1) is 10.3. The van der Waals surface area contributed by atoms with Gasteiger partial charge in [-0.2, -0.15) is 0 Å². The smallest absolute Gasteiger partial charge is 0.262 e. The highest BCUT2D eigenvalue weighted by Gasteiger charge is 2.02. The van der Waals surface area contributed by atoms with E-state index in [-0.39, 0.29) is 12.5 Å². The standard InChI is InChI=1S/C12H12N2O2/c15-11(9-16-12-7-4-8-13-12)14-10-5-2-1-3-6-10/h1-8,13H,9H2,(H,14,15). The number of benzene rings is 1. The maximum absolute atomic E-state index is 11.5. The zero-order valence-corrected chi connectivity index (χ0v) is 8.64. The van der Waals surface area contributed by atoms with Gasteiger partial charge in [0.25, 0.3) is 5.91 Å². The van der Waals surface area contributed by atoms with Gasteiger partial charge in [0.05, 0.1) is 0 Å². The van der Waals surface area contributed by atoms with E-state index in [0.717, 1.165) is 5.69 Å². The zero-order chi connectivity index (χ0) is 11.2. The third-order valence-electron chi connectivity index (χ3n) is 1.99. The van der Waals surface area contributed by atoms with Gasteiger partial charge in [-0.1, -0.05) is 18.2 Å². The molecule has 2 aromatic rings. The van der Waals surface area contributed by atoms with Crippen LogP contribution in [-0.2, 0) is 4.79 Å². The van der Waals surface area contributed by atoms with Crippen molar-refractivity contribution >= 4 is 11.6 Å². The Hall–Kier alpha value is -2.23. The van der Waals surface area contributed by atoms with Gasteiger partial charge in [0.1, 0.15) is 0 Å². The third-order valence-corrected chi connectivity index (χ3v) is 1.99. The topological polar surface area (TPSA) is 54.1 Å². The molecule has 0 saturated carbocycles. The molecular formula is C12H12N2O2. The number of para-hydroxylation sites is 1. The van der Waals surface area contributed by atoms with Crippen molar-refractivity contribution in [2.45, 2.75) is 0 Å². The maximum atomic E-state index is 11.5. The van der Waals surface area contributed by atoms with E-state index < -0.39 is 0 Å². The van der Waals surface area contributed by atoms with Crippen LogP contribution in [0, 0.1) is 0 Å². The van der Waals surface area contributed by atoms with Crippen molar-refractivity contribution in [2.24, 2.45) is 0 Å². The van der Waals surface area contributed by atoms with Gasteiger partial charge in [0.15, 0.2) is 12.5 Å². The summed E-state index contributed by atoms with van der Waals surface area (Å²) in [7, 11) is 0. The minimum atomic E-state index is -0.180. The van der Waals surface area contributed by atoms with Gasteiger partial charge in [0.2, 0.25) is 0 Å². The monoisotopic (exact) mass is 216 g/mol. The average Bonchev–Trinajstić information content (AvgIpc) is 2.81. The lowest BCUT2D eigenvalue weighted by Crippen LogP contribution is -2.20. The molecule has 4 nitrogen and oxygen atoms in total. The highest BCUT2D eigenvalue weighted by Crippen LogP contribution is 2.06. The maximum Gasteiger partial charge on any atom is 0.262 e. The Morgan fingerprint density at radius 3 is 2.69 bits per heavy atom. The first-order valence-corrected chi connectivity index (χ1v) is 4.96. The number of anilines is 1. The second kappa shape index (κ2) is 5.02. The van der Waals surface area contributed by atoms with Crippen LogP contribution in [0.4, 0.5) is 5.69 Å². The molecule has 0 aliphatic heterocycles. The summed E-state index contributed by atoms with van der Waals surface area (Å²) < 4.78 is 5.21. The molecule has 1 aromatic carbocycles. The summed E-state index contributed by atoms with van der Waals surface area (Å²) in [6.07, 6.45) is 1.74. The molecule has 0 spiro atoms. The van der Waals surface area contributed by atoms with Crippen LogP contribution in [-0.4, -0.2) is 17.5 Å². The molecule has 0 aliphatic rings. The van der Waals surface area contributed by atoms with E-state index in [2.05, 4.69) is 10.3 Å². The fourth-order valence-electron chi connectivity index (χ4n) is 1.27. The van der Waals surface area contributed by atoms with Crippen LogP contribution in [0.1, 0.15) is 0 Å². The predicted octanol–water partition coefficient (Wildman–Crippen LogP) is 2.03. The Labute approximate surface area is 93.3 Å². The molecule has 4 heteroatoms. The van der Waals surface area contributed by atoms with Crippen LogP contribution in [0.3, 0.4) is 0 Å². The van der Waals surface area contributed by atoms with Gasteiger partial charge in [-0.3, -0.25) is 4.79 Å². The fraction of sp³-hybridized carbons (Fsp3) is 0.0833. The molecule has 1 aromatic heterocycles. The van der Waals surface area contributed by atoms with Crippen molar-refractivity contribution in [1.82, 2.24) is 4.98 Å². The lowest BCUT2D eigenvalue weighted by atomic mass is 10.3. The Kier molecular flexibility index (Phi) is 3.23. The second-order valence-electron chi connectivity index (χ2n) is 3.24. The summed E-state index contributed by atoms with van der Waals surface area (Å²) in [6, 6.07) is 12.8. The van der Waals surface area contributed by atoms with Crippen LogP contribution in [0.15, 0.2) is 48.7 Å². The minimum Gasteiger partial charge on any atom is -0.469 e. The lowest BCUT2D eigenvalue weighted by Gasteiger charge is -2.05. The van der Waals surface area contributed by atoms with Crippen molar-refractivity contribution < 1.29 is 9.53 Å². The highest BCUT2D eigenvalue weighted by molar-refractivity contribution is 5.91. The van der Waals surface area contributed by atoms with Crippen LogP contribution < -0.4 is 10.1 Å². The predicted molar refractivity (Wildman–Crippen MR) is 61.4 cm³/mol. The van der Waals surface area contributed by atoms with Gasteiger partial charge in [-0.25, -0.2) is 0 Å². The Balaban J connectivity index is 1.81. The minimum absolute atomic E-state index is 0.00456. The molecule has 0 aliphatic carbocycles. The number of H-pyrrole nitrogens is 1. The first-order valence-electron chi connectivity index (χ1n) is 4.96. The SMILES string of the molecule is O=C(COc1ccc[nH]1)Nc1ccccc1. The van der Waals surface area contributed by atoms with E-state index in [0.29, 0.717) is 5.88 Å². The first-order chi connectivity index (χ1) is 7.84. The summed E-state index contributed by atoms with van der Waals surface area (Å²) in [6.45, 7) is -0.00456. The molecule has 1 heterocycles.